The van der Waals surface area contributed by atoms with Crippen LogP contribution in [0.2, 0.25) is 0 Å². The molecule has 1 amide bonds. The van der Waals surface area contributed by atoms with E-state index < -0.39 is 5.97 Å². The van der Waals surface area contributed by atoms with Crippen LogP contribution in [0.15, 0.2) is 18.5 Å². The predicted octanol–water partition coefficient (Wildman–Crippen LogP) is 1.11. The summed E-state index contributed by atoms with van der Waals surface area (Å²) in [6, 6.07) is 1.49. The molecule has 6 nitrogen and oxygen atoms in total. The number of carbonyl (C=O) groups is 2. The van der Waals surface area contributed by atoms with Gasteiger partial charge in [-0.25, -0.2) is 0 Å². The number of carboxylic acids is 1. The van der Waals surface area contributed by atoms with Gasteiger partial charge in [0.15, 0.2) is 0 Å². The summed E-state index contributed by atoms with van der Waals surface area (Å²) in [5.41, 5.74) is 0.242. The number of piperidine rings is 1. The van der Waals surface area contributed by atoms with Crippen LogP contribution in [-0.4, -0.2) is 45.1 Å². The maximum Gasteiger partial charge on any atom is 0.303 e. The molecule has 0 atom stereocenters. The third kappa shape index (κ3) is 3.21. The number of amides is 1. The highest BCUT2D eigenvalue weighted by atomic mass is 16.4. The molecule has 0 radical (unpaired) electrons. The maximum absolute atomic E-state index is 12.2. The van der Waals surface area contributed by atoms with Gasteiger partial charge in [-0.1, -0.05) is 0 Å². The van der Waals surface area contributed by atoms with Gasteiger partial charge in [0.25, 0.3) is 5.91 Å². The van der Waals surface area contributed by atoms with Gasteiger partial charge in [0.2, 0.25) is 0 Å². The van der Waals surface area contributed by atoms with E-state index in [9.17, 15) is 14.7 Å². The van der Waals surface area contributed by atoms with Gasteiger partial charge in [0.05, 0.1) is 11.8 Å². The molecule has 0 spiro atoms. The molecule has 1 aromatic rings. The van der Waals surface area contributed by atoms with E-state index in [4.69, 9.17) is 5.11 Å². The van der Waals surface area contributed by atoms with Crippen LogP contribution in [0.4, 0.5) is 0 Å². The SMILES string of the molecule is O=C(O)CC1CCN(C(=O)c2ccncc2O)CC1. The summed E-state index contributed by atoms with van der Waals surface area (Å²) in [5.74, 6) is -1.02. The number of pyridine rings is 1. The largest absolute Gasteiger partial charge is 0.505 e. The molecule has 1 fully saturated rings. The minimum Gasteiger partial charge on any atom is -0.505 e. The number of aromatic nitrogens is 1. The molecule has 2 rings (SSSR count). The third-order valence-electron chi connectivity index (χ3n) is 3.40. The van der Waals surface area contributed by atoms with Crippen LogP contribution in [0.25, 0.3) is 0 Å². The van der Waals surface area contributed by atoms with Crippen LogP contribution in [0.1, 0.15) is 29.6 Å². The molecule has 0 unspecified atom stereocenters. The van der Waals surface area contributed by atoms with Crippen LogP contribution in [0.3, 0.4) is 0 Å². The standard InChI is InChI=1S/C13H16N2O4/c16-11-8-14-4-1-10(11)13(19)15-5-2-9(3-6-15)7-12(17)18/h1,4,8-9,16H,2-3,5-7H2,(H,17,18). The molecule has 0 aromatic carbocycles. The lowest BCUT2D eigenvalue weighted by atomic mass is 9.93. The molecule has 2 N–H and O–H groups in total. The molecule has 102 valence electrons. The smallest absolute Gasteiger partial charge is 0.303 e. The van der Waals surface area contributed by atoms with E-state index in [2.05, 4.69) is 4.98 Å². The zero-order valence-electron chi connectivity index (χ0n) is 10.5. The van der Waals surface area contributed by atoms with Crippen LogP contribution in [0, 0.1) is 5.92 Å². The van der Waals surface area contributed by atoms with Crippen molar-refractivity contribution in [1.82, 2.24) is 9.88 Å². The topological polar surface area (TPSA) is 90.7 Å². The lowest BCUT2D eigenvalue weighted by Gasteiger charge is -2.31. The summed E-state index contributed by atoms with van der Waals surface area (Å²) < 4.78 is 0. The zero-order chi connectivity index (χ0) is 13.8. The molecular weight excluding hydrogens is 248 g/mol. The Morgan fingerprint density at radius 1 is 1.37 bits per heavy atom. The van der Waals surface area contributed by atoms with E-state index in [0.29, 0.717) is 25.9 Å². The Kier molecular flexibility index (Phi) is 3.99. The molecule has 2 heterocycles. The van der Waals surface area contributed by atoms with Crippen molar-refractivity contribution in [2.24, 2.45) is 5.92 Å². The Bertz CT molecular complexity index is 481. The Labute approximate surface area is 110 Å². The van der Waals surface area contributed by atoms with Crippen molar-refractivity contribution < 1.29 is 19.8 Å². The Morgan fingerprint density at radius 2 is 2.05 bits per heavy atom. The number of carboxylic acid groups (broad SMARTS) is 1. The first-order valence-electron chi connectivity index (χ1n) is 6.22. The Morgan fingerprint density at radius 3 is 2.63 bits per heavy atom. The molecule has 1 saturated heterocycles. The zero-order valence-corrected chi connectivity index (χ0v) is 10.5. The minimum absolute atomic E-state index is 0.125. The number of rotatable bonds is 3. The fourth-order valence-corrected chi connectivity index (χ4v) is 2.32. The molecule has 1 aliphatic heterocycles. The minimum atomic E-state index is -0.795. The lowest BCUT2D eigenvalue weighted by Crippen LogP contribution is -2.38. The molecule has 19 heavy (non-hydrogen) atoms. The van der Waals surface area contributed by atoms with Crippen molar-refractivity contribution in [2.75, 3.05) is 13.1 Å². The molecule has 1 aliphatic rings. The van der Waals surface area contributed by atoms with Crippen molar-refractivity contribution in [3.05, 3.63) is 24.0 Å². The third-order valence-corrected chi connectivity index (χ3v) is 3.40. The number of hydrogen-bond donors (Lipinski definition) is 2. The van der Waals surface area contributed by atoms with Gasteiger partial charge in [0.1, 0.15) is 5.75 Å². The average molecular weight is 264 g/mol. The second-order valence-corrected chi connectivity index (χ2v) is 4.73. The second-order valence-electron chi connectivity index (χ2n) is 4.73. The fraction of sp³-hybridized carbons (Fsp3) is 0.462. The first-order chi connectivity index (χ1) is 9.08. The molecule has 0 aliphatic carbocycles. The van der Waals surface area contributed by atoms with E-state index in [0.717, 1.165) is 0 Å². The van der Waals surface area contributed by atoms with Gasteiger partial charge in [-0.2, -0.15) is 0 Å². The Hall–Kier alpha value is -2.11. The summed E-state index contributed by atoms with van der Waals surface area (Å²) in [5, 5.41) is 18.3. The first kappa shape index (κ1) is 13.3. The van der Waals surface area contributed by atoms with Crippen molar-refractivity contribution in [1.29, 1.82) is 0 Å². The van der Waals surface area contributed by atoms with Crippen LogP contribution in [0.5, 0.6) is 5.75 Å². The molecular formula is C13H16N2O4. The number of aliphatic carboxylic acids is 1. The van der Waals surface area contributed by atoms with Crippen LogP contribution in [-0.2, 0) is 4.79 Å². The van der Waals surface area contributed by atoms with E-state index in [1.54, 1.807) is 4.90 Å². The van der Waals surface area contributed by atoms with E-state index >= 15 is 0 Å². The predicted molar refractivity (Wildman–Crippen MR) is 66.8 cm³/mol. The summed E-state index contributed by atoms with van der Waals surface area (Å²) in [7, 11) is 0. The quantitative estimate of drug-likeness (QED) is 0.853. The van der Waals surface area contributed by atoms with E-state index in [-0.39, 0.29) is 29.6 Å². The molecule has 0 bridgehead atoms. The molecule has 0 saturated carbocycles. The van der Waals surface area contributed by atoms with Crippen molar-refractivity contribution in [3.8, 4) is 5.75 Å². The van der Waals surface area contributed by atoms with Crippen LogP contribution >= 0.6 is 0 Å². The number of nitrogens with zero attached hydrogens (tertiary/aromatic N) is 2. The van der Waals surface area contributed by atoms with Gasteiger partial charge in [-0.3, -0.25) is 14.6 Å². The van der Waals surface area contributed by atoms with E-state index in [1.165, 1.54) is 18.5 Å². The van der Waals surface area contributed by atoms with Crippen molar-refractivity contribution in [3.63, 3.8) is 0 Å². The fourth-order valence-electron chi connectivity index (χ4n) is 2.32. The summed E-state index contributed by atoms with van der Waals surface area (Å²) in [6.45, 7) is 1.05. The highest BCUT2D eigenvalue weighted by Gasteiger charge is 2.26. The van der Waals surface area contributed by atoms with Gasteiger partial charge >= 0.3 is 5.97 Å². The summed E-state index contributed by atoms with van der Waals surface area (Å²) in [4.78, 5) is 28.2. The maximum atomic E-state index is 12.2. The summed E-state index contributed by atoms with van der Waals surface area (Å²) >= 11 is 0. The summed E-state index contributed by atoms with van der Waals surface area (Å²) in [6.07, 6.45) is 4.23. The molecule has 6 heteroatoms. The van der Waals surface area contributed by atoms with Crippen LogP contribution < -0.4 is 0 Å². The number of carbonyl (C=O) groups excluding carboxylic acids is 1. The van der Waals surface area contributed by atoms with Gasteiger partial charge < -0.3 is 15.1 Å². The molecule has 1 aromatic heterocycles. The first-order valence-corrected chi connectivity index (χ1v) is 6.22. The number of aromatic hydroxyl groups is 1. The van der Waals surface area contributed by atoms with Crippen molar-refractivity contribution >= 4 is 11.9 Å². The average Bonchev–Trinajstić information content (AvgIpc) is 2.39. The van der Waals surface area contributed by atoms with Crippen molar-refractivity contribution in [2.45, 2.75) is 19.3 Å². The Balaban J connectivity index is 1.96. The number of likely N-dealkylation sites (tertiary alicyclic amines) is 1. The van der Waals surface area contributed by atoms with E-state index in [1.807, 2.05) is 0 Å². The van der Waals surface area contributed by atoms with Gasteiger partial charge in [0, 0.05) is 25.7 Å². The number of hydrogen-bond acceptors (Lipinski definition) is 4. The lowest BCUT2D eigenvalue weighted by molar-refractivity contribution is -0.138. The van der Waals surface area contributed by atoms with Gasteiger partial charge in [-0.05, 0) is 24.8 Å². The monoisotopic (exact) mass is 264 g/mol. The highest BCUT2D eigenvalue weighted by Crippen LogP contribution is 2.23. The normalized spacial score (nSPS) is 16.3. The second kappa shape index (κ2) is 5.69. The van der Waals surface area contributed by atoms with Gasteiger partial charge in [-0.15, -0.1) is 0 Å². The highest BCUT2D eigenvalue weighted by molar-refractivity contribution is 5.96.